The first-order valence-corrected chi connectivity index (χ1v) is 8.07. The molecule has 0 atom stereocenters. The Hall–Kier alpha value is -2.41. The summed E-state index contributed by atoms with van der Waals surface area (Å²) >= 11 is 0. The number of anilines is 1. The Kier molecular flexibility index (Phi) is 3.35. The summed E-state index contributed by atoms with van der Waals surface area (Å²) < 4.78 is 16.5. The standard InChI is InChI=1S/C17H18FN3O3/c1-19-5-2-6-21(19)15-8-14-11(7-13(15)18)16(22)12(17(23)24)9-20(14)10-3-4-10/h7-10H,2-6H2,1H3,(H,23,24). The highest BCUT2D eigenvalue weighted by atomic mass is 19.1. The lowest BCUT2D eigenvalue weighted by Gasteiger charge is -2.27. The van der Waals surface area contributed by atoms with Crippen molar-refractivity contribution >= 4 is 22.6 Å². The van der Waals surface area contributed by atoms with E-state index in [0.29, 0.717) is 11.2 Å². The second-order valence-corrected chi connectivity index (χ2v) is 6.49. The van der Waals surface area contributed by atoms with Crippen LogP contribution in [0.2, 0.25) is 0 Å². The molecule has 1 aliphatic carbocycles. The van der Waals surface area contributed by atoms with Crippen LogP contribution in [-0.2, 0) is 0 Å². The maximum absolute atomic E-state index is 14.6. The van der Waals surface area contributed by atoms with Crippen molar-refractivity contribution in [3.63, 3.8) is 0 Å². The zero-order chi connectivity index (χ0) is 17.0. The molecule has 0 amide bonds. The van der Waals surface area contributed by atoms with E-state index in [1.807, 2.05) is 21.6 Å². The molecule has 7 heteroatoms. The van der Waals surface area contributed by atoms with E-state index in [-0.39, 0.29) is 17.0 Å². The van der Waals surface area contributed by atoms with Gasteiger partial charge in [0.1, 0.15) is 11.4 Å². The fourth-order valence-corrected chi connectivity index (χ4v) is 3.41. The lowest BCUT2D eigenvalue weighted by molar-refractivity contribution is 0.0695. The average molecular weight is 331 g/mol. The first kappa shape index (κ1) is 15.1. The Labute approximate surface area is 137 Å². The molecule has 6 nitrogen and oxygen atoms in total. The number of carbonyl (C=O) groups is 1. The van der Waals surface area contributed by atoms with E-state index in [2.05, 4.69) is 0 Å². The Morgan fingerprint density at radius 1 is 1.29 bits per heavy atom. The molecule has 2 fully saturated rings. The van der Waals surface area contributed by atoms with Crippen molar-refractivity contribution in [2.75, 3.05) is 25.1 Å². The summed E-state index contributed by atoms with van der Waals surface area (Å²) in [5, 5.41) is 13.2. The SMILES string of the molecule is CN1CCCN1c1cc2c(cc1F)c(=O)c(C(=O)O)cn2C1CC1. The average Bonchev–Trinajstić information content (AvgIpc) is 3.29. The van der Waals surface area contributed by atoms with Gasteiger partial charge in [-0.2, -0.15) is 0 Å². The van der Waals surface area contributed by atoms with Crippen molar-refractivity contribution in [1.29, 1.82) is 0 Å². The zero-order valence-electron chi connectivity index (χ0n) is 13.3. The van der Waals surface area contributed by atoms with Crippen LogP contribution in [-0.4, -0.2) is 40.8 Å². The highest BCUT2D eigenvalue weighted by Gasteiger charge is 2.29. The lowest BCUT2D eigenvalue weighted by atomic mass is 10.1. The van der Waals surface area contributed by atoms with E-state index in [1.165, 1.54) is 12.3 Å². The van der Waals surface area contributed by atoms with E-state index in [1.54, 1.807) is 6.07 Å². The van der Waals surface area contributed by atoms with Crippen molar-refractivity contribution in [1.82, 2.24) is 9.58 Å². The minimum absolute atomic E-state index is 0.130. The highest BCUT2D eigenvalue weighted by molar-refractivity contribution is 5.93. The van der Waals surface area contributed by atoms with Gasteiger partial charge in [0.05, 0.1) is 11.2 Å². The van der Waals surface area contributed by atoms with Gasteiger partial charge in [-0.1, -0.05) is 0 Å². The van der Waals surface area contributed by atoms with Gasteiger partial charge in [-0.3, -0.25) is 4.79 Å². The molecule has 0 radical (unpaired) electrons. The Morgan fingerprint density at radius 2 is 2.04 bits per heavy atom. The second kappa shape index (κ2) is 5.31. The fraction of sp³-hybridized carbons (Fsp3) is 0.412. The van der Waals surface area contributed by atoms with Crippen LogP contribution in [0.15, 0.2) is 23.1 Å². The Morgan fingerprint density at radius 3 is 2.62 bits per heavy atom. The topological polar surface area (TPSA) is 65.8 Å². The molecule has 1 aliphatic heterocycles. The molecule has 4 rings (SSSR count). The molecule has 24 heavy (non-hydrogen) atoms. The molecule has 0 spiro atoms. The van der Waals surface area contributed by atoms with Crippen molar-refractivity contribution in [2.45, 2.75) is 25.3 Å². The van der Waals surface area contributed by atoms with Gasteiger partial charge in [-0.25, -0.2) is 14.2 Å². The summed E-state index contributed by atoms with van der Waals surface area (Å²) in [5.41, 5.74) is 0.0954. The number of benzene rings is 1. The number of hydrogen-bond acceptors (Lipinski definition) is 4. The molecule has 1 saturated heterocycles. The Balaban J connectivity index is 1.99. The van der Waals surface area contributed by atoms with Crippen LogP contribution in [0.1, 0.15) is 35.7 Å². The molecule has 2 heterocycles. The van der Waals surface area contributed by atoms with Crippen molar-refractivity contribution in [3.05, 3.63) is 39.9 Å². The van der Waals surface area contributed by atoms with Crippen molar-refractivity contribution in [3.8, 4) is 0 Å². The normalized spacial score (nSPS) is 18.5. The van der Waals surface area contributed by atoms with Crippen LogP contribution >= 0.6 is 0 Å². The molecule has 1 aromatic heterocycles. The molecule has 1 aromatic carbocycles. The van der Waals surface area contributed by atoms with Crippen LogP contribution in [0.5, 0.6) is 0 Å². The van der Waals surface area contributed by atoms with Crippen LogP contribution in [0.25, 0.3) is 10.9 Å². The number of rotatable bonds is 3. The van der Waals surface area contributed by atoms with Gasteiger partial charge in [0.2, 0.25) is 5.43 Å². The van der Waals surface area contributed by atoms with Gasteiger partial charge in [-0.15, -0.1) is 0 Å². The molecule has 126 valence electrons. The van der Waals surface area contributed by atoms with E-state index >= 15 is 0 Å². The fourth-order valence-electron chi connectivity index (χ4n) is 3.41. The number of carboxylic acid groups (broad SMARTS) is 1. The third-order valence-electron chi connectivity index (χ3n) is 4.81. The number of aromatic carboxylic acids is 1. The van der Waals surface area contributed by atoms with Crippen LogP contribution in [0.3, 0.4) is 0 Å². The molecular formula is C17H18FN3O3. The third kappa shape index (κ3) is 2.27. The van der Waals surface area contributed by atoms with Gasteiger partial charge in [0.25, 0.3) is 0 Å². The maximum Gasteiger partial charge on any atom is 0.341 e. The molecule has 1 saturated carbocycles. The molecular weight excluding hydrogens is 313 g/mol. The second-order valence-electron chi connectivity index (χ2n) is 6.49. The predicted octanol–water partition coefficient (Wildman–Crippen LogP) is 2.23. The minimum Gasteiger partial charge on any atom is -0.477 e. The predicted molar refractivity (Wildman–Crippen MR) is 88.0 cm³/mol. The van der Waals surface area contributed by atoms with Crippen LogP contribution in [0.4, 0.5) is 10.1 Å². The van der Waals surface area contributed by atoms with Gasteiger partial charge in [-0.05, 0) is 31.4 Å². The maximum atomic E-state index is 14.6. The minimum atomic E-state index is -1.28. The van der Waals surface area contributed by atoms with Gasteiger partial charge < -0.3 is 14.7 Å². The van der Waals surface area contributed by atoms with Crippen LogP contribution < -0.4 is 10.4 Å². The quantitative estimate of drug-likeness (QED) is 0.934. The molecule has 2 aliphatic rings. The van der Waals surface area contributed by atoms with Gasteiger partial charge >= 0.3 is 5.97 Å². The number of fused-ring (bicyclic) bond motifs is 1. The third-order valence-corrected chi connectivity index (χ3v) is 4.81. The summed E-state index contributed by atoms with van der Waals surface area (Å²) in [6, 6.07) is 3.04. The molecule has 0 bridgehead atoms. The highest BCUT2D eigenvalue weighted by Crippen LogP contribution is 2.38. The van der Waals surface area contributed by atoms with Crippen LogP contribution in [0, 0.1) is 5.82 Å². The first-order valence-electron chi connectivity index (χ1n) is 8.07. The molecule has 1 N–H and O–H groups in total. The number of pyridine rings is 1. The smallest absolute Gasteiger partial charge is 0.341 e. The summed E-state index contributed by atoms with van der Waals surface area (Å²) in [5.74, 6) is -1.78. The number of aromatic nitrogens is 1. The van der Waals surface area contributed by atoms with E-state index in [9.17, 15) is 19.1 Å². The number of carboxylic acids is 1. The summed E-state index contributed by atoms with van der Waals surface area (Å²) in [6.07, 6.45) is 4.22. The van der Waals surface area contributed by atoms with Gasteiger partial charge in [0.15, 0.2) is 0 Å². The number of hydrogen-bond donors (Lipinski definition) is 1. The number of hydrazine groups is 1. The zero-order valence-corrected chi connectivity index (χ0v) is 13.3. The van der Waals surface area contributed by atoms with E-state index in [0.717, 1.165) is 32.4 Å². The monoisotopic (exact) mass is 331 g/mol. The largest absolute Gasteiger partial charge is 0.477 e. The van der Waals surface area contributed by atoms with E-state index < -0.39 is 17.2 Å². The molecule has 0 unspecified atom stereocenters. The van der Waals surface area contributed by atoms with E-state index in [4.69, 9.17) is 0 Å². The summed E-state index contributed by atoms with van der Waals surface area (Å²) in [6.45, 7) is 1.57. The number of halogens is 1. The first-order chi connectivity index (χ1) is 11.5. The molecule has 2 aromatic rings. The summed E-state index contributed by atoms with van der Waals surface area (Å²) in [7, 11) is 1.90. The lowest BCUT2D eigenvalue weighted by Crippen LogP contribution is -2.33. The Bertz CT molecular complexity index is 904. The van der Waals surface area contributed by atoms with Crippen molar-refractivity contribution in [2.24, 2.45) is 0 Å². The van der Waals surface area contributed by atoms with Gasteiger partial charge in [0, 0.05) is 37.8 Å². The summed E-state index contributed by atoms with van der Waals surface area (Å²) in [4.78, 5) is 23.8. The van der Waals surface area contributed by atoms with Crippen molar-refractivity contribution < 1.29 is 14.3 Å². The number of nitrogens with zero attached hydrogens (tertiary/aromatic N) is 3.